The van der Waals surface area contributed by atoms with Crippen LogP contribution in [0.4, 0.5) is 18.0 Å². The van der Waals surface area contributed by atoms with Gasteiger partial charge in [0.1, 0.15) is 11.6 Å². The Labute approximate surface area is 138 Å². The number of aryl methyl sites for hydroxylation is 1. The predicted octanol–water partition coefficient (Wildman–Crippen LogP) is 3.10. The first kappa shape index (κ1) is 19.8. The van der Waals surface area contributed by atoms with Gasteiger partial charge in [-0.3, -0.25) is 0 Å². The number of rotatable bonds is 5. The maximum absolute atomic E-state index is 13.2. The summed E-state index contributed by atoms with van der Waals surface area (Å²) in [5.41, 5.74) is -0.611. The number of benzene rings is 1. The molecule has 134 valence electrons. The Morgan fingerprint density at radius 2 is 1.71 bits per heavy atom. The van der Waals surface area contributed by atoms with Gasteiger partial charge in [-0.2, -0.15) is 0 Å². The molecule has 1 amide bonds. The second-order valence-electron chi connectivity index (χ2n) is 6.13. The minimum atomic E-state index is -1.56. The summed E-state index contributed by atoms with van der Waals surface area (Å²) in [6, 6.07) is 0.599. The molecule has 0 aliphatic carbocycles. The Morgan fingerprint density at radius 1 is 1.17 bits per heavy atom. The average Bonchev–Trinajstić information content (AvgIpc) is 2.46. The summed E-state index contributed by atoms with van der Waals surface area (Å²) in [5, 5.41) is 2.34. The second-order valence-corrected chi connectivity index (χ2v) is 6.13. The number of halogens is 3. The van der Waals surface area contributed by atoms with Crippen molar-refractivity contribution in [1.82, 2.24) is 5.32 Å². The SMILES string of the molecule is COC(=O)[C@@H](CCc1cc(F)c(F)c(F)c1)NC(=O)OC(C)(C)C. The molecule has 0 aliphatic rings. The Hall–Kier alpha value is -2.25. The number of amides is 1. The average molecular weight is 347 g/mol. The zero-order valence-corrected chi connectivity index (χ0v) is 13.9. The van der Waals surface area contributed by atoms with Crippen molar-refractivity contribution in [3.8, 4) is 0 Å². The normalized spacial score (nSPS) is 12.5. The Bertz CT molecular complexity index is 591. The molecule has 0 spiro atoms. The van der Waals surface area contributed by atoms with Crippen molar-refractivity contribution in [3.63, 3.8) is 0 Å². The minimum Gasteiger partial charge on any atom is -0.467 e. The number of hydrogen-bond donors (Lipinski definition) is 1. The fraction of sp³-hybridized carbons (Fsp3) is 0.500. The Morgan fingerprint density at radius 3 is 2.17 bits per heavy atom. The highest BCUT2D eigenvalue weighted by atomic mass is 19.2. The van der Waals surface area contributed by atoms with E-state index >= 15 is 0 Å². The van der Waals surface area contributed by atoms with Crippen LogP contribution in [-0.4, -0.2) is 30.8 Å². The van der Waals surface area contributed by atoms with E-state index in [0.717, 1.165) is 19.2 Å². The minimum absolute atomic E-state index is 0.00354. The first-order valence-corrected chi connectivity index (χ1v) is 7.24. The van der Waals surface area contributed by atoms with E-state index in [0.29, 0.717) is 0 Å². The Balaban J connectivity index is 2.77. The molecule has 5 nitrogen and oxygen atoms in total. The third kappa shape index (κ3) is 6.10. The number of ether oxygens (including phenoxy) is 2. The van der Waals surface area contributed by atoms with Crippen molar-refractivity contribution in [3.05, 3.63) is 35.1 Å². The van der Waals surface area contributed by atoms with Gasteiger partial charge in [0.15, 0.2) is 17.5 Å². The van der Waals surface area contributed by atoms with E-state index in [1.807, 2.05) is 0 Å². The van der Waals surface area contributed by atoms with E-state index < -0.39 is 41.2 Å². The van der Waals surface area contributed by atoms with Crippen molar-refractivity contribution in [2.75, 3.05) is 7.11 Å². The van der Waals surface area contributed by atoms with Gasteiger partial charge in [0.25, 0.3) is 0 Å². The largest absolute Gasteiger partial charge is 0.467 e. The van der Waals surface area contributed by atoms with E-state index in [4.69, 9.17) is 4.74 Å². The zero-order chi connectivity index (χ0) is 18.5. The first-order valence-electron chi connectivity index (χ1n) is 7.24. The van der Waals surface area contributed by atoms with Gasteiger partial charge < -0.3 is 14.8 Å². The second kappa shape index (κ2) is 8.03. The van der Waals surface area contributed by atoms with Crippen LogP contribution in [0.25, 0.3) is 0 Å². The summed E-state index contributed by atoms with van der Waals surface area (Å²) in [6.07, 6.45) is -0.811. The lowest BCUT2D eigenvalue weighted by Crippen LogP contribution is -2.44. The van der Waals surface area contributed by atoms with Gasteiger partial charge in [-0.1, -0.05) is 0 Å². The molecular formula is C16H20F3NO4. The number of nitrogens with one attached hydrogen (secondary N) is 1. The molecule has 24 heavy (non-hydrogen) atoms. The smallest absolute Gasteiger partial charge is 0.408 e. The number of carbonyl (C=O) groups is 2. The van der Waals surface area contributed by atoms with Crippen LogP contribution in [0.1, 0.15) is 32.8 Å². The van der Waals surface area contributed by atoms with Crippen molar-refractivity contribution in [1.29, 1.82) is 0 Å². The number of alkyl carbamates (subject to hydrolysis) is 1. The molecule has 1 rings (SSSR count). The maximum atomic E-state index is 13.2. The van der Waals surface area contributed by atoms with Crippen LogP contribution in [0, 0.1) is 17.5 Å². The van der Waals surface area contributed by atoms with Gasteiger partial charge in [0.2, 0.25) is 0 Å². The molecule has 1 N–H and O–H groups in total. The molecule has 0 unspecified atom stereocenters. The van der Waals surface area contributed by atoms with E-state index in [9.17, 15) is 22.8 Å². The number of carbonyl (C=O) groups excluding carboxylic acids is 2. The first-order chi connectivity index (χ1) is 11.0. The molecule has 0 saturated carbocycles. The highest BCUT2D eigenvalue weighted by Gasteiger charge is 2.25. The molecule has 8 heteroatoms. The van der Waals surface area contributed by atoms with Crippen LogP contribution >= 0.6 is 0 Å². The topological polar surface area (TPSA) is 64.6 Å². The van der Waals surface area contributed by atoms with Gasteiger partial charge in [-0.05, 0) is 51.3 Å². The summed E-state index contributed by atoms with van der Waals surface area (Å²) in [7, 11) is 1.14. The fourth-order valence-electron chi connectivity index (χ4n) is 1.90. The van der Waals surface area contributed by atoms with Gasteiger partial charge >= 0.3 is 12.1 Å². The van der Waals surface area contributed by atoms with Gasteiger partial charge in [-0.25, -0.2) is 22.8 Å². The van der Waals surface area contributed by atoms with Gasteiger partial charge in [0.05, 0.1) is 7.11 Å². The van der Waals surface area contributed by atoms with E-state index in [1.54, 1.807) is 20.8 Å². The standard InChI is InChI=1S/C16H20F3NO4/c1-16(2,3)24-15(22)20-12(14(21)23-4)6-5-9-7-10(17)13(19)11(18)8-9/h7-8,12H,5-6H2,1-4H3,(H,20,22)/t12-/m1/s1. The molecule has 1 aromatic carbocycles. The summed E-state index contributed by atoms with van der Waals surface area (Å²) >= 11 is 0. The number of hydrogen-bond acceptors (Lipinski definition) is 4. The molecule has 1 atom stereocenters. The van der Waals surface area contributed by atoms with E-state index in [-0.39, 0.29) is 18.4 Å². The molecule has 0 heterocycles. The van der Waals surface area contributed by atoms with Crippen LogP contribution in [0.2, 0.25) is 0 Å². The molecule has 0 radical (unpaired) electrons. The maximum Gasteiger partial charge on any atom is 0.408 e. The van der Waals surface area contributed by atoms with Crippen LogP contribution in [0.5, 0.6) is 0 Å². The number of esters is 1. The molecule has 0 aliphatic heterocycles. The lowest BCUT2D eigenvalue weighted by Gasteiger charge is -2.22. The van der Waals surface area contributed by atoms with Crippen LogP contribution in [0.3, 0.4) is 0 Å². The van der Waals surface area contributed by atoms with Crippen molar-refractivity contribution >= 4 is 12.1 Å². The lowest BCUT2D eigenvalue weighted by atomic mass is 10.0. The molecule has 1 aromatic rings. The van der Waals surface area contributed by atoms with Gasteiger partial charge in [0, 0.05) is 0 Å². The number of methoxy groups -OCH3 is 1. The lowest BCUT2D eigenvalue weighted by molar-refractivity contribution is -0.143. The summed E-state index contributed by atoms with van der Waals surface area (Å²) in [6.45, 7) is 4.97. The Kier molecular flexibility index (Phi) is 6.62. The quantitative estimate of drug-likeness (QED) is 0.657. The van der Waals surface area contributed by atoms with Gasteiger partial charge in [-0.15, -0.1) is 0 Å². The predicted molar refractivity (Wildman–Crippen MR) is 79.8 cm³/mol. The monoisotopic (exact) mass is 347 g/mol. The highest BCUT2D eigenvalue weighted by molar-refractivity contribution is 5.81. The molecular weight excluding hydrogens is 327 g/mol. The molecule has 0 saturated heterocycles. The fourth-order valence-corrected chi connectivity index (χ4v) is 1.90. The molecule has 0 bridgehead atoms. The third-order valence-electron chi connectivity index (χ3n) is 2.94. The molecule has 0 fully saturated rings. The summed E-state index contributed by atoms with van der Waals surface area (Å²) in [4.78, 5) is 23.5. The van der Waals surface area contributed by atoms with Crippen LogP contribution in [0.15, 0.2) is 12.1 Å². The van der Waals surface area contributed by atoms with Crippen molar-refractivity contribution < 1.29 is 32.2 Å². The highest BCUT2D eigenvalue weighted by Crippen LogP contribution is 2.16. The summed E-state index contributed by atoms with van der Waals surface area (Å²) < 4.78 is 48.9. The van der Waals surface area contributed by atoms with E-state index in [1.165, 1.54) is 0 Å². The van der Waals surface area contributed by atoms with Crippen LogP contribution < -0.4 is 5.32 Å². The van der Waals surface area contributed by atoms with Crippen LogP contribution in [-0.2, 0) is 20.7 Å². The van der Waals surface area contributed by atoms with Crippen molar-refractivity contribution in [2.24, 2.45) is 0 Å². The van der Waals surface area contributed by atoms with E-state index in [2.05, 4.69) is 10.1 Å². The third-order valence-corrected chi connectivity index (χ3v) is 2.94. The molecule has 0 aromatic heterocycles. The van der Waals surface area contributed by atoms with Crippen molar-refractivity contribution in [2.45, 2.75) is 45.3 Å². The summed E-state index contributed by atoms with van der Waals surface area (Å²) in [5.74, 6) is -4.93. The zero-order valence-electron chi connectivity index (χ0n) is 13.9.